The number of hydrogen-bond donors (Lipinski definition) is 0. The van der Waals surface area contributed by atoms with Crippen molar-refractivity contribution in [1.29, 1.82) is 0 Å². The minimum Gasteiger partial charge on any atom is -0.320 e. The lowest BCUT2D eigenvalue weighted by Crippen LogP contribution is -2.40. The molecule has 0 aliphatic carbocycles. The topological polar surface area (TPSA) is 61.8 Å². The van der Waals surface area contributed by atoms with Crippen LogP contribution in [0.4, 0.5) is 0 Å². The van der Waals surface area contributed by atoms with Gasteiger partial charge in [-0.05, 0) is 37.1 Å². The molecule has 5 rings (SSSR count). The van der Waals surface area contributed by atoms with Crippen LogP contribution in [0.3, 0.4) is 0 Å². The van der Waals surface area contributed by atoms with Crippen LogP contribution >= 0.6 is 0 Å². The highest BCUT2D eigenvalue weighted by atomic mass is 16.2. The van der Waals surface area contributed by atoms with Crippen LogP contribution in [0.25, 0.3) is 16.9 Å². The molecule has 0 aliphatic heterocycles. The maximum Gasteiger partial charge on any atom is 0.337 e. The van der Waals surface area contributed by atoms with Crippen molar-refractivity contribution in [3.8, 4) is 5.69 Å². The molecule has 0 radical (unpaired) electrons. The van der Waals surface area contributed by atoms with Crippen LogP contribution < -0.4 is 11.2 Å². The van der Waals surface area contributed by atoms with Crippen molar-refractivity contribution >= 4 is 11.2 Å². The van der Waals surface area contributed by atoms with Gasteiger partial charge < -0.3 is 4.57 Å². The molecule has 6 nitrogen and oxygen atoms in total. The molecule has 0 amide bonds. The van der Waals surface area contributed by atoms with Gasteiger partial charge in [-0.1, -0.05) is 77.9 Å². The molecule has 0 N–H and O–H groups in total. The fourth-order valence-corrected chi connectivity index (χ4v) is 4.14. The summed E-state index contributed by atoms with van der Waals surface area (Å²) in [6.07, 6.45) is 1.64. The van der Waals surface area contributed by atoms with E-state index in [-0.39, 0.29) is 12.1 Å². The second-order valence-corrected chi connectivity index (χ2v) is 8.36. The highest BCUT2D eigenvalue weighted by Gasteiger charge is 2.19. The van der Waals surface area contributed by atoms with Crippen molar-refractivity contribution in [2.45, 2.75) is 26.9 Å². The number of benzene rings is 3. The number of imidazole rings is 1. The quantitative estimate of drug-likeness (QED) is 0.417. The third-order valence-corrected chi connectivity index (χ3v) is 5.81. The van der Waals surface area contributed by atoms with E-state index in [9.17, 15) is 9.59 Å². The Morgan fingerprint density at radius 2 is 1.48 bits per heavy atom. The van der Waals surface area contributed by atoms with Gasteiger partial charge in [0.1, 0.15) is 0 Å². The van der Waals surface area contributed by atoms with E-state index in [4.69, 9.17) is 0 Å². The van der Waals surface area contributed by atoms with E-state index < -0.39 is 5.69 Å². The molecule has 0 spiro atoms. The van der Waals surface area contributed by atoms with Crippen LogP contribution in [-0.4, -0.2) is 18.7 Å². The van der Waals surface area contributed by atoms with Crippen molar-refractivity contribution in [3.05, 3.63) is 128 Å². The first kappa shape index (κ1) is 20.7. The molecule has 164 valence electrons. The molecule has 33 heavy (non-hydrogen) atoms. The Morgan fingerprint density at radius 3 is 2.21 bits per heavy atom. The molecular weight excluding hydrogens is 412 g/mol. The number of fused-ring (bicyclic) bond motifs is 1. The SMILES string of the molecule is Cc1ccc(-n2c(=O)n(Cc3ccccc3)c(=O)c3c2ncn3Cc2cccc(C)c2)cc1. The van der Waals surface area contributed by atoms with Crippen molar-refractivity contribution in [2.24, 2.45) is 0 Å². The third kappa shape index (κ3) is 3.91. The standard InChI is InChI=1S/C27H24N4O2/c1-19-11-13-23(14-12-19)31-25-24(29(18-28-25)16-22-10-6-7-20(2)15-22)26(32)30(27(31)33)17-21-8-4-3-5-9-21/h3-15,18H,16-17H2,1-2H3. The van der Waals surface area contributed by atoms with Gasteiger partial charge in [0.25, 0.3) is 5.56 Å². The van der Waals surface area contributed by atoms with Gasteiger partial charge in [0.2, 0.25) is 0 Å². The smallest absolute Gasteiger partial charge is 0.320 e. The van der Waals surface area contributed by atoms with Gasteiger partial charge in [0.05, 0.1) is 18.6 Å². The predicted molar refractivity (Wildman–Crippen MR) is 130 cm³/mol. The summed E-state index contributed by atoms with van der Waals surface area (Å²) >= 11 is 0. The summed E-state index contributed by atoms with van der Waals surface area (Å²) in [5.41, 5.74) is 4.90. The van der Waals surface area contributed by atoms with Gasteiger partial charge in [-0.2, -0.15) is 0 Å². The fourth-order valence-electron chi connectivity index (χ4n) is 4.14. The second-order valence-electron chi connectivity index (χ2n) is 8.36. The summed E-state index contributed by atoms with van der Waals surface area (Å²) in [7, 11) is 0. The number of hydrogen-bond acceptors (Lipinski definition) is 3. The molecule has 6 heteroatoms. The molecule has 0 unspecified atom stereocenters. The van der Waals surface area contributed by atoms with Crippen LogP contribution in [0.15, 0.2) is 94.8 Å². The maximum atomic E-state index is 13.6. The van der Waals surface area contributed by atoms with Gasteiger partial charge in [0.15, 0.2) is 11.2 Å². The lowest BCUT2D eigenvalue weighted by Gasteiger charge is -2.13. The summed E-state index contributed by atoms with van der Waals surface area (Å²) in [6, 6.07) is 25.4. The highest BCUT2D eigenvalue weighted by molar-refractivity contribution is 5.72. The van der Waals surface area contributed by atoms with Crippen LogP contribution in [0.1, 0.15) is 22.3 Å². The second kappa shape index (κ2) is 8.39. The Morgan fingerprint density at radius 1 is 0.758 bits per heavy atom. The van der Waals surface area contributed by atoms with Crippen LogP contribution in [0.2, 0.25) is 0 Å². The van der Waals surface area contributed by atoms with E-state index >= 15 is 0 Å². The van der Waals surface area contributed by atoms with Gasteiger partial charge in [-0.25, -0.2) is 14.3 Å². The minimum absolute atomic E-state index is 0.190. The molecule has 0 bridgehead atoms. The molecule has 3 aromatic carbocycles. The lowest BCUT2D eigenvalue weighted by atomic mass is 10.1. The first-order valence-electron chi connectivity index (χ1n) is 10.9. The molecule has 5 aromatic rings. The fraction of sp³-hybridized carbons (Fsp3) is 0.148. The Kier molecular flexibility index (Phi) is 5.26. The van der Waals surface area contributed by atoms with E-state index in [0.29, 0.717) is 23.4 Å². The lowest BCUT2D eigenvalue weighted by molar-refractivity contribution is 0.677. The van der Waals surface area contributed by atoms with Crippen LogP contribution in [0, 0.1) is 13.8 Å². The highest BCUT2D eigenvalue weighted by Crippen LogP contribution is 2.16. The maximum absolute atomic E-state index is 13.6. The Balaban J connectivity index is 1.76. The van der Waals surface area contributed by atoms with Crippen LogP contribution in [0.5, 0.6) is 0 Å². The van der Waals surface area contributed by atoms with E-state index in [1.807, 2.05) is 91.2 Å². The number of rotatable bonds is 5. The van der Waals surface area contributed by atoms with E-state index in [1.165, 1.54) is 9.13 Å². The van der Waals surface area contributed by atoms with E-state index in [1.54, 1.807) is 6.33 Å². The molecular formula is C27H24N4O2. The van der Waals surface area contributed by atoms with Crippen molar-refractivity contribution in [2.75, 3.05) is 0 Å². The molecule has 0 saturated carbocycles. The summed E-state index contributed by atoms with van der Waals surface area (Å²) in [5, 5.41) is 0. The van der Waals surface area contributed by atoms with Gasteiger partial charge >= 0.3 is 5.69 Å². The number of aryl methyl sites for hydroxylation is 2. The van der Waals surface area contributed by atoms with Gasteiger partial charge in [-0.15, -0.1) is 0 Å². The summed E-state index contributed by atoms with van der Waals surface area (Å²) in [4.78, 5) is 31.7. The van der Waals surface area contributed by atoms with Gasteiger partial charge in [-0.3, -0.25) is 9.36 Å². The van der Waals surface area contributed by atoms with Crippen LogP contribution in [-0.2, 0) is 13.1 Å². The number of nitrogens with zero attached hydrogens (tertiary/aromatic N) is 4. The Hall–Kier alpha value is -4.19. The Labute approximate surface area is 191 Å². The first-order valence-corrected chi connectivity index (χ1v) is 10.9. The molecule has 0 aliphatic rings. The number of aromatic nitrogens is 4. The van der Waals surface area contributed by atoms with Gasteiger partial charge in [0, 0.05) is 6.54 Å². The summed E-state index contributed by atoms with van der Waals surface area (Å²) in [5.74, 6) is 0. The zero-order valence-electron chi connectivity index (χ0n) is 18.6. The zero-order chi connectivity index (χ0) is 22.9. The minimum atomic E-state index is -0.402. The van der Waals surface area contributed by atoms with Crippen molar-refractivity contribution in [1.82, 2.24) is 18.7 Å². The van der Waals surface area contributed by atoms with E-state index in [2.05, 4.69) is 11.1 Å². The molecule has 0 saturated heterocycles. The molecule has 2 heterocycles. The largest absolute Gasteiger partial charge is 0.337 e. The van der Waals surface area contributed by atoms with Crippen molar-refractivity contribution in [3.63, 3.8) is 0 Å². The average Bonchev–Trinajstić information content (AvgIpc) is 3.22. The zero-order valence-corrected chi connectivity index (χ0v) is 18.6. The molecule has 2 aromatic heterocycles. The first-order chi connectivity index (χ1) is 16.0. The monoisotopic (exact) mass is 436 g/mol. The van der Waals surface area contributed by atoms with E-state index in [0.717, 1.165) is 22.3 Å². The normalized spacial score (nSPS) is 11.2. The summed E-state index contributed by atoms with van der Waals surface area (Å²) < 4.78 is 4.66. The predicted octanol–water partition coefficient (Wildman–Crippen LogP) is 4.06. The molecule has 0 atom stereocenters. The van der Waals surface area contributed by atoms with Crippen molar-refractivity contribution < 1.29 is 0 Å². The Bertz CT molecular complexity index is 1560. The average molecular weight is 437 g/mol. The summed E-state index contributed by atoms with van der Waals surface area (Å²) in [6.45, 7) is 4.72. The molecule has 0 fully saturated rings. The third-order valence-electron chi connectivity index (χ3n) is 5.81.